The summed E-state index contributed by atoms with van der Waals surface area (Å²) < 4.78 is 1.41. The third-order valence-corrected chi connectivity index (χ3v) is 3.57. The molecule has 0 aliphatic rings. The minimum Gasteiger partial charge on any atom is -0.258 e. The Balaban J connectivity index is 3.28. The van der Waals surface area contributed by atoms with Crippen LogP contribution in [-0.2, 0) is 0 Å². The SMILES string of the molecule is Cc1nn(PI)c(Cl)c1[N+](=O)[O-]. The second-order valence-electron chi connectivity index (χ2n) is 1.98. The predicted molar refractivity (Wildman–Crippen MR) is 56.4 cm³/mol. The molecule has 0 radical (unpaired) electrons. The van der Waals surface area contributed by atoms with E-state index in [1.165, 1.54) is 4.45 Å². The van der Waals surface area contributed by atoms with E-state index < -0.39 is 4.92 Å². The predicted octanol–water partition coefficient (Wildman–Crippen LogP) is 2.54. The molecule has 1 unspecified atom stereocenters. The Bertz CT molecular complexity index is 328. The van der Waals surface area contributed by atoms with Crippen molar-refractivity contribution >= 4 is 45.7 Å². The summed E-state index contributed by atoms with van der Waals surface area (Å²) in [5.74, 6) is 0. The summed E-state index contributed by atoms with van der Waals surface area (Å²) in [6.45, 7) is 1.57. The van der Waals surface area contributed by atoms with Gasteiger partial charge in [-0.25, -0.2) is 4.45 Å². The highest BCUT2D eigenvalue weighted by molar-refractivity contribution is 14.2. The van der Waals surface area contributed by atoms with Crippen LogP contribution in [0.15, 0.2) is 0 Å². The monoisotopic (exact) mass is 319 g/mol. The molecule has 1 rings (SSSR count). The smallest absolute Gasteiger partial charge is 0.258 e. The van der Waals surface area contributed by atoms with E-state index in [0.717, 1.165) is 0 Å². The molecule has 1 heterocycles. The van der Waals surface area contributed by atoms with Crippen LogP contribution in [0.4, 0.5) is 5.69 Å². The molecule has 66 valence electrons. The summed E-state index contributed by atoms with van der Waals surface area (Å²) in [7, 11) is 0. The summed E-state index contributed by atoms with van der Waals surface area (Å²) in [6.07, 6.45) is 0.278. The van der Waals surface area contributed by atoms with Crippen molar-refractivity contribution in [2.75, 3.05) is 0 Å². The molecule has 0 aliphatic carbocycles. The van der Waals surface area contributed by atoms with Crippen molar-refractivity contribution < 1.29 is 4.92 Å². The van der Waals surface area contributed by atoms with E-state index in [9.17, 15) is 10.1 Å². The first kappa shape index (κ1) is 10.1. The van der Waals surface area contributed by atoms with Crippen molar-refractivity contribution in [2.24, 2.45) is 0 Å². The maximum Gasteiger partial charge on any atom is 0.329 e. The van der Waals surface area contributed by atoms with Crippen LogP contribution in [0.2, 0.25) is 5.15 Å². The van der Waals surface area contributed by atoms with Gasteiger partial charge < -0.3 is 0 Å². The van der Waals surface area contributed by atoms with Crippen LogP contribution in [0.1, 0.15) is 5.69 Å². The van der Waals surface area contributed by atoms with Crippen LogP contribution in [0.3, 0.4) is 0 Å². The molecule has 0 aromatic carbocycles. The Kier molecular flexibility index (Phi) is 3.25. The van der Waals surface area contributed by atoms with Gasteiger partial charge in [0.15, 0.2) is 0 Å². The number of nitrogens with zero attached hydrogens (tertiary/aromatic N) is 3. The lowest BCUT2D eigenvalue weighted by Crippen LogP contribution is -1.88. The fraction of sp³-hybridized carbons (Fsp3) is 0.250. The topological polar surface area (TPSA) is 61.0 Å². The third kappa shape index (κ3) is 1.70. The van der Waals surface area contributed by atoms with Crippen LogP contribution in [-0.4, -0.2) is 14.5 Å². The molecule has 0 N–H and O–H groups in total. The highest BCUT2D eigenvalue weighted by atomic mass is 127. The lowest BCUT2D eigenvalue weighted by Gasteiger charge is -1.91. The number of rotatable bonds is 2. The van der Waals surface area contributed by atoms with Gasteiger partial charge in [0.2, 0.25) is 5.15 Å². The summed E-state index contributed by atoms with van der Waals surface area (Å²) in [5.41, 5.74) is 0.259. The van der Waals surface area contributed by atoms with Crippen LogP contribution in [0.25, 0.3) is 0 Å². The zero-order valence-electron chi connectivity index (χ0n) is 5.91. The number of nitro groups is 1. The molecule has 1 aromatic heterocycles. The molecule has 0 bridgehead atoms. The van der Waals surface area contributed by atoms with E-state index in [1.807, 2.05) is 0 Å². The normalized spacial score (nSPS) is 11.2. The average molecular weight is 319 g/mol. The highest BCUT2D eigenvalue weighted by Crippen LogP contribution is 2.35. The first-order valence-corrected chi connectivity index (χ1v) is 7.28. The molecule has 0 aliphatic heterocycles. The van der Waals surface area contributed by atoms with Crippen molar-refractivity contribution in [3.8, 4) is 0 Å². The molecule has 0 fully saturated rings. The van der Waals surface area contributed by atoms with Crippen molar-refractivity contribution in [3.63, 3.8) is 0 Å². The maximum atomic E-state index is 10.4. The molecule has 1 aromatic rings. The van der Waals surface area contributed by atoms with Crippen molar-refractivity contribution in [3.05, 3.63) is 21.0 Å². The Hall–Kier alpha value is 0.0600. The molecule has 12 heavy (non-hydrogen) atoms. The number of aromatic nitrogens is 2. The van der Waals surface area contributed by atoms with Crippen molar-refractivity contribution in [2.45, 2.75) is 6.92 Å². The van der Waals surface area contributed by atoms with Crippen LogP contribution in [0.5, 0.6) is 0 Å². The Morgan fingerprint density at radius 3 is 2.67 bits per heavy atom. The minimum absolute atomic E-state index is 0.0965. The minimum atomic E-state index is -0.516. The quantitative estimate of drug-likeness (QED) is 0.364. The van der Waals surface area contributed by atoms with Crippen LogP contribution < -0.4 is 0 Å². The second-order valence-corrected chi connectivity index (χ2v) is 4.38. The fourth-order valence-corrected chi connectivity index (χ4v) is 2.97. The van der Waals surface area contributed by atoms with Crippen molar-refractivity contribution in [1.29, 1.82) is 0 Å². The van der Waals surface area contributed by atoms with Gasteiger partial charge in [-0.05, 0) is 29.0 Å². The molecule has 0 saturated heterocycles. The van der Waals surface area contributed by atoms with E-state index in [0.29, 0.717) is 5.69 Å². The van der Waals surface area contributed by atoms with Gasteiger partial charge in [-0.3, -0.25) is 10.1 Å². The van der Waals surface area contributed by atoms with Gasteiger partial charge in [0.25, 0.3) is 0 Å². The number of aryl methyl sites for hydroxylation is 1. The largest absolute Gasteiger partial charge is 0.329 e. The van der Waals surface area contributed by atoms with Gasteiger partial charge >= 0.3 is 5.69 Å². The Morgan fingerprint density at radius 1 is 1.83 bits per heavy atom. The highest BCUT2D eigenvalue weighted by Gasteiger charge is 2.22. The van der Waals surface area contributed by atoms with Gasteiger partial charge in [-0.2, -0.15) is 5.10 Å². The zero-order chi connectivity index (χ0) is 9.30. The van der Waals surface area contributed by atoms with E-state index in [-0.39, 0.29) is 17.2 Å². The molecule has 1 atom stereocenters. The number of hydrogen-bond acceptors (Lipinski definition) is 3. The molecule has 0 amide bonds. The number of halogens is 2. The summed E-state index contributed by atoms with van der Waals surface area (Å²) in [6, 6.07) is 0. The van der Waals surface area contributed by atoms with E-state index in [4.69, 9.17) is 11.6 Å². The summed E-state index contributed by atoms with van der Waals surface area (Å²) in [4.78, 5) is 9.92. The molecule has 8 heteroatoms. The maximum absolute atomic E-state index is 10.4. The van der Waals surface area contributed by atoms with Crippen molar-refractivity contribution in [1.82, 2.24) is 9.55 Å². The van der Waals surface area contributed by atoms with Gasteiger partial charge in [0.1, 0.15) is 5.69 Å². The van der Waals surface area contributed by atoms with Gasteiger partial charge in [0, 0.05) is 0 Å². The summed E-state index contributed by atoms with van der Waals surface area (Å²) in [5, 5.41) is 14.4. The average Bonchev–Trinajstić information content (AvgIpc) is 2.25. The zero-order valence-corrected chi connectivity index (χ0v) is 9.83. The third-order valence-electron chi connectivity index (χ3n) is 1.24. The molecular formula is C4H4ClIN3O2P. The van der Waals surface area contributed by atoms with Gasteiger partial charge in [-0.1, -0.05) is 11.6 Å². The first-order chi connectivity index (χ1) is 5.57. The second kappa shape index (κ2) is 3.85. The molecule has 5 nitrogen and oxygen atoms in total. The lowest BCUT2D eigenvalue weighted by molar-refractivity contribution is -0.385. The lowest BCUT2D eigenvalue weighted by atomic mass is 10.4. The van der Waals surface area contributed by atoms with E-state index >= 15 is 0 Å². The first-order valence-electron chi connectivity index (χ1n) is 2.84. The Labute approximate surface area is 87.9 Å². The summed E-state index contributed by atoms with van der Waals surface area (Å²) >= 11 is 7.74. The standard InChI is InChI=1S/C4H4ClIN3O2P/c1-2-3(9(10)11)4(5)8(7-2)12-6/h12H,1H3. The van der Waals surface area contributed by atoms with Crippen LogP contribution in [0, 0.1) is 17.0 Å². The van der Waals surface area contributed by atoms with Gasteiger partial charge in [-0.15, -0.1) is 0 Å². The molecular weight excluding hydrogens is 315 g/mol. The molecule has 0 saturated carbocycles. The van der Waals surface area contributed by atoms with Crippen LogP contribution >= 0.6 is 40.0 Å². The fourth-order valence-electron chi connectivity index (χ4n) is 0.754. The van der Waals surface area contributed by atoms with E-state index in [1.54, 1.807) is 6.92 Å². The number of hydrogen-bond donors (Lipinski definition) is 0. The Morgan fingerprint density at radius 2 is 2.42 bits per heavy atom. The van der Waals surface area contributed by atoms with Gasteiger partial charge in [0.05, 0.1) is 11.3 Å². The van der Waals surface area contributed by atoms with E-state index in [2.05, 4.69) is 27.1 Å². The molecule has 0 spiro atoms.